The van der Waals surface area contributed by atoms with Crippen molar-refractivity contribution in [2.45, 2.75) is 76.9 Å². The van der Waals surface area contributed by atoms with Crippen LogP contribution in [0.1, 0.15) is 40.5 Å². The Kier molecular flexibility index (Phi) is 18.7. The minimum atomic E-state index is -3.11. The lowest BCUT2D eigenvalue weighted by atomic mass is 9.93. The first-order valence-electron chi connectivity index (χ1n) is 23.4. The lowest BCUT2D eigenvalue weighted by Gasteiger charge is -2.32. The van der Waals surface area contributed by atoms with Crippen LogP contribution in [0.3, 0.4) is 0 Å². The molecule has 0 radical (unpaired) electrons. The van der Waals surface area contributed by atoms with Gasteiger partial charge in [0.2, 0.25) is 29.6 Å². The number of nitrogens with one attached hydrogen (secondary N) is 2. The SMILES string of the molecule is CC(C)[C@H](Nc1ccc2ccccc2n1)C(=O)ON(C)[C@@H](CC(=O)O)C(=O)C(Oc1c(F)cccc1F)C(=O)C(Oc1c(F)cccc1F)C(=O)[C@H](CC(=O)O)N(C)OC(=O)[C@@H](Nc1ccc2ccccc2n1)C(C)C. The summed E-state index contributed by atoms with van der Waals surface area (Å²) < 4.78 is 72.6. The van der Waals surface area contributed by atoms with Gasteiger partial charge in [-0.3, -0.25) is 24.0 Å². The number of carbonyl (C=O) groups is 7. The molecule has 19 nitrogen and oxygen atoms in total. The third-order valence-electron chi connectivity index (χ3n) is 11.7. The van der Waals surface area contributed by atoms with E-state index in [-0.39, 0.29) is 11.6 Å². The first-order valence-corrected chi connectivity index (χ1v) is 23.4. The molecule has 400 valence electrons. The van der Waals surface area contributed by atoms with Gasteiger partial charge in [0, 0.05) is 24.9 Å². The van der Waals surface area contributed by atoms with Crippen LogP contribution in [-0.2, 0) is 43.2 Å². The molecule has 2 heterocycles. The maximum Gasteiger partial charge on any atom is 0.347 e. The van der Waals surface area contributed by atoms with Crippen LogP contribution in [-0.4, -0.2) is 122 Å². The minimum Gasteiger partial charge on any atom is -0.481 e. The van der Waals surface area contributed by atoms with Crippen LogP contribution in [0, 0.1) is 35.1 Å². The fourth-order valence-corrected chi connectivity index (χ4v) is 7.70. The molecule has 0 spiro atoms. The van der Waals surface area contributed by atoms with Crippen molar-refractivity contribution in [2.24, 2.45) is 11.8 Å². The Morgan fingerprint density at radius 1 is 0.500 bits per heavy atom. The highest BCUT2D eigenvalue weighted by molar-refractivity contribution is 6.18. The van der Waals surface area contributed by atoms with Gasteiger partial charge in [0.25, 0.3) is 0 Å². The molecule has 0 saturated carbocycles. The number of ether oxygens (including phenoxy) is 2. The van der Waals surface area contributed by atoms with E-state index in [9.17, 15) is 39.0 Å². The Morgan fingerprint density at radius 2 is 0.842 bits per heavy atom. The van der Waals surface area contributed by atoms with Crippen molar-refractivity contribution in [2.75, 3.05) is 24.7 Å². The summed E-state index contributed by atoms with van der Waals surface area (Å²) in [5.41, 5.74) is 1.11. The van der Waals surface area contributed by atoms with Gasteiger partial charge in [0.05, 0.1) is 23.9 Å². The van der Waals surface area contributed by atoms with Crippen molar-refractivity contribution in [3.63, 3.8) is 0 Å². The largest absolute Gasteiger partial charge is 0.481 e. The van der Waals surface area contributed by atoms with E-state index in [0.29, 0.717) is 45.4 Å². The van der Waals surface area contributed by atoms with Crippen LogP contribution < -0.4 is 20.1 Å². The number of aliphatic carboxylic acids is 2. The lowest BCUT2D eigenvalue weighted by Crippen LogP contribution is -2.58. The number of aromatic nitrogens is 2. The number of anilines is 2. The highest BCUT2D eigenvalue weighted by Gasteiger charge is 2.49. The Hall–Kier alpha value is -8.57. The van der Waals surface area contributed by atoms with E-state index in [1.165, 1.54) is 0 Å². The first-order chi connectivity index (χ1) is 36.0. The predicted molar refractivity (Wildman–Crippen MR) is 264 cm³/mol. The predicted octanol–water partition coefficient (Wildman–Crippen LogP) is 6.98. The van der Waals surface area contributed by atoms with E-state index in [0.717, 1.165) is 37.0 Å². The molecule has 0 saturated heterocycles. The monoisotopic (exact) mass is 1060 g/mol. The quantitative estimate of drug-likeness (QED) is 0.0243. The Morgan fingerprint density at radius 3 is 1.17 bits per heavy atom. The van der Waals surface area contributed by atoms with Crippen molar-refractivity contribution < 1.29 is 80.5 Å². The zero-order valence-electron chi connectivity index (χ0n) is 41.6. The molecule has 0 bridgehead atoms. The van der Waals surface area contributed by atoms with Gasteiger partial charge in [0.1, 0.15) is 35.8 Å². The summed E-state index contributed by atoms with van der Waals surface area (Å²) in [4.78, 5) is 118. The number of carbonyl (C=O) groups excluding carboxylic acids is 5. The molecule has 0 aliphatic heterocycles. The summed E-state index contributed by atoms with van der Waals surface area (Å²) in [5.74, 6) is -21.3. The highest BCUT2D eigenvalue weighted by atomic mass is 19.1. The molecule has 6 atom stereocenters. The first kappa shape index (κ1) is 56.7. The van der Waals surface area contributed by atoms with E-state index in [1.54, 1.807) is 100 Å². The number of nitrogens with zero attached hydrogens (tertiary/aromatic N) is 4. The topological polar surface area (TPSA) is 253 Å². The van der Waals surface area contributed by atoms with Crippen LogP contribution in [0.25, 0.3) is 21.8 Å². The summed E-state index contributed by atoms with van der Waals surface area (Å²) >= 11 is 0. The van der Waals surface area contributed by atoms with Gasteiger partial charge < -0.3 is 40.0 Å². The Labute approximate surface area is 431 Å². The molecule has 2 aromatic heterocycles. The third kappa shape index (κ3) is 14.0. The van der Waals surface area contributed by atoms with Crippen molar-refractivity contribution in [3.05, 3.63) is 132 Å². The molecule has 4 aromatic carbocycles. The van der Waals surface area contributed by atoms with Gasteiger partial charge in [-0.1, -0.05) is 76.2 Å². The zero-order chi connectivity index (χ0) is 55.5. The molecule has 0 aliphatic carbocycles. The standard InChI is InChI=1S/C53H52F4N6O13/c1-27(2)43(60-39-23-21-29-13-7-9-19-35(29)58-39)52(71)75-62(5)37(25-41(64)65)45(68)50(73-48-31(54)15-11-16-32(48)55)47(70)51(74-49-33(56)17-12-18-34(49)57)46(69)38(26-42(66)67)63(6)76-53(72)44(28(3)4)61-40-24-22-30-14-8-10-20-36(30)59-40/h7-24,27-28,37-38,43-44,50-51H,25-26H2,1-6H3,(H,58,60)(H,59,61)(H,64,65)(H,66,67)/t37-,38-,43-,44-,50?,51?/m0/s1. The van der Waals surface area contributed by atoms with Crippen LogP contribution in [0.5, 0.6) is 11.5 Å². The van der Waals surface area contributed by atoms with E-state index in [2.05, 4.69) is 20.6 Å². The summed E-state index contributed by atoms with van der Waals surface area (Å²) in [5, 5.41) is 28.4. The van der Waals surface area contributed by atoms with Gasteiger partial charge >= 0.3 is 23.9 Å². The molecule has 4 N–H and O–H groups in total. The van der Waals surface area contributed by atoms with Gasteiger partial charge in [-0.25, -0.2) is 37.1 Å². The number of likely N-dealkylation sites (N-methyl/N-ethyl adjacent to an activating group) is 2. The summed E-state index contributed by atoms with van der Waals surface area (Å²) in [6.45, 7) is 6.44. The fourth-order valence-electron chi connectivity index (χ4n) is 7.70. The van der Waals surface area contributed by atoms with Crippen LogP contribution in [0.15, 0.2) is 109 Å². The Bertz CT molecular complexity index is 2900. The number of carboxylic acids is 2. The van der Waals surface area contributed by atoms with Gasteiger partial charge in [-0.05, 0) is 72.5 Å². The number of hydroxylamine groups is 4. The average Bonchev–Trinajstić information content (AvgIpc) is 3.36. The molecular formula is C53H52F4N6O13. The van der Waals surface area contributed by atoms with Crippen molar-refractivity contribution in [3.8, 4) is 11.5 Å². The van der Waals surface area contributed by atoms with Crippen LogP contribution in [0.4, 0.5) is 29.2 Å². The van der Waals surface area contributed by atoms with Gasteiger partial charge in [0.15, 0.2) is 34.8 Å². The molecule has 2 unspecified atom stereocenters. The second-order valence-electron chi connectivity index (χ2n) is 18.0. The van der Waals surface area contributed by atoms with Gasteiger partial charge in [-0.15, -0.1) is 10.1 Å². The number of halogens is 4. The number of pyridine rings is 2. The molecule has 6 aromatic rings. The van der Waals surface area contributed by atoms with Crippen LogP contribution in [0.2, 0.25) is 0 Å². The van der Waals surface area contributed by atoms with Crippen molar-refractivity contribution in [1.82, 2.24) is 20.1 Å². The van der Waals surface area contributed by atoms with Gasteiger partial charge in [-0.2, -0.15) is 0 Å². The van der Waals surface area contributed by atoms with E-state index in [4.69, 9.17) is 19.1 Å². The molecule has 23 heteroatoms. The number of carboxylic acid groups (broad SMARTS) is 2. The number of hydrogen-bond acceptors (Lipinski definition) is 17. The molecule has 6 rings (SSSR count). The van der Waals surface area contributed by atoms with E-state index in [1.807, 2.05) is 0 Å². The zero-order valence-corrected chi connectivity index (χ0v) is 41.6. The number of fused-ring (bicyclic) bond motifs is 2. The maximum atomic E-state index is 15.4. The number of hydrogen-bond donors (Lipinski definition) is 4. The Balaban J connectivity index is 1.38. The minimum absolute atomic E-state index is 0.208. The number of para-hydroxylation sites is 4. The third-order valence-corrected chi connectivity index (χ3v) is 11.7. The number of rotatable bonds is 26. The smallest absolute Gasteiger partial charge is 0.347 e. The van der Waals surface area contributed by atoms with Crippen molar-refractivity contribution in [1.29, 1.82) is 0 Å². The number of benzene rings is 4. The fraction of sp³-hybridized carbons (Fsp3) is 0.302. The van der Waals surface area contributed by atoms with E-state index < -0.39 is 137 Å². The lowest BCUT2D eigenvalue weighted by molar-refractivity contribution is -0.200. The molecular weight excluding hydrogens is 1000 g/mol. The number of Topliss-reactive ketones (excluding diaryl/α,β-unsaturated/α-hetero) is 3. The summed E-state index contributed by atoms with van der Waals surface area (Å²) in [6.07, 6.45) is -8.90. The summed E-state index contributed by atoms with van der Waals surface area (Å²) in [6, 6.07) is 17.7. The second kappa shape index (κ2) is 25.1. The average molecular weight is 1060 g/mol. The second-order valence-corrected chi connectivity index (χ2v) is 18.0. The number of ketones is 3. The highest BCUT2D eigenvalue weighted by Crippen LogP contribution is 2.29. The van der Waals surface area contributed by atoms with Crippen LogP contribution >= 0.6 is 0 Å². The molecule has 0 amide bonds. The molecule has 0 fully saturated rings. The normalized spacial score (nSPS) is 13.9. The van der Waals surface area contributed by atoms with E-state index >= 15 is 22.4 Å². The summed E-state index contributed by atoms with van der Waals surface area (Å²) in [7, 11) is 1.80. The molecule has 0 aliphatic rings. The molecule has 76 heavy (non-hydrogen) atoms. The van der Waals surface area contributed by atoms with Crippen molar-refractivity contribution >= 4 is 74.7 Å². The maximum absolute atomic E-state index is 15.4.